The number of ether oxygens (including phenoxy) is 1. The molecule has 0 radical (unpaired) electrons. The van der Waals surface area contributed by atoms with Crippen molar-refractivity contribution in [1.82, 2.24) is 5.32 Å². The van der Waals surface area contributed by atoms with Crippen molar-refractivity contribution >= 4 is 27.5 Å². The predicted octanol–water partition coefficient (Wildman–Crippen LogP) is 5.70. The predicted molar refractivity (Wildman–Crippen MR) is 92.4 cm³/mol. The minimum absolute atomic E-state index is 0.418. The number of hydrogen-bond donors (Lipinski definition) is 1. The molecule has 112 valence electrons. The monoisotopic (exact) mass is 367 g/mol. The first-order valence-electron chi connectivity index (χ1n) is 6.91. The van der Waals surface area contributed by atoms with Gasteiger partial charge in [-0.15, -0.1) is 0 Å². The first kappa shape index (κ1) is 16.3. The van der Waals surface area contributed by atoms with Crippen LogP contribution in [0.15, 0.2) is 40.9 Å². The molecule has 0 bridgehead atoms. The lowest BCUT2D eigenvalue weighted by atomic mass is 10.1. The zero-order valence-corrected chi connectivity index (χ0v) is 14.8. The number of halogens is 2. The van der Waals surface area contributed by atoms with Crippen molar-refractivity contribution < 1.29 is 4.74 Å². The first-order chi connectivity index (χ1) is 9.95. The molecule has 0 atom stereocenters. The van der Waals surface area contributed by atoms with Crippen LogP contribution in [0.4, 0.5) is 0 Å². The Morgan fingerprint density at radius 1 is 1.14 bits per heavy atom. The summed E-state index contributed by atoms with van der Waals surface area (Å²) in [4.78, 5) is 0. The highest BCUT2D eigenvalue weighted by Crippen LogP contribution is 2.32. The topological polar surface area (TPSA) is 21.3 Å². The van der Waals surface area contributed by atoms with E-state index in [9.17, 15) is 0 Å². The second kappa shape index (κ2) is 7.30. The summed E-state index contributed by atoms with van der Waals surface area (Å²) in [6.07, 6.45) is 0. The maximum Gasteiger partial charge on any atom is 0.133 e. The molecule has 0 amide bonds. The SMILES string of the molecule is Cc1ccc(Br)cc1Oc1cc(Cl)ccc1CNC(C)C. The minimum Gasteiger partial charge on any atom is -0.457 e. The average Bonchev–Trinajstić information content (AvgIpc) is 2.42. The van der Waals surface area contributed by atoms with Crippen molar-refractivity contribution in [3.05, 3.63) is 57.0 Å². The van der Waals surface area contributed by atoms with E-state index in [1.807, 2.05) is 43.3 Å². The zero-order valence-electron chi connectivity index (χ0n) is 12.4. The lowest BCUT2D eigenvalue weighted by Crippen LogP contribution is -2.22. The Hall–Kier alpha value is -1.03. The standard InChI is InChI=1S/C17H19BrClNO/c1-11(2)20-10-13-5-7-15(19)9-17(13)21-16-8-14(18)6-4-12(16)3/h4-9,11,20H,10H2,1-3H3. The van der Waals surface area contributed by atoms with Crippen LogP contribution in [0.1, 0.15) is 25.0 Å². The van der Waals surface area contributed by atoms with Crippen LogP contribution in [0.3, 0.4) is 0 Å². The maximum atomic E-state index is 6.11. The first-order valence-corrected chi connectivity index (χ1v) is 8.08. The lowest BCUT2D eigenvalue weighted by Gasteiger charge is -2.15. The van der Waals surface area contributed by atoms with E-state index in [0.29, 0.717) is 11.1 Å². The highest BCUT2D eigenvalue weighted by Gasteiger charge is 2.09. The van der Waals surface area contributed by atoms with Gasteiger partial charge < -0.3 is 10.1 Å². The maximum absolute atomic E-state index is 6.11. The molecule has 2 nitrogen and oxygen atoms in total. The molecule has 0 aromatic heterocycles. The van der Waals surface area contributed by atoms with E-state index in [-0.39, 0.29) is 0 Å². The van der Waals surface area contributed by atoms with Crippen molar-refractivity contribution in [2.75, 3.05) is 0 Å². The van der Waals surface area contributed by atoms with Gasteiger partial charge in [0, 0.05) is 27.6 Å². The molecule has 0 unspecified atom stereocenters. The van der Waals surface area contributed by atoms with E-state index in [2.05, 4.69) is 35.1 Å². The van der Waals surface area contributed by atoms with E-state index in [0.717, 1.165) is 33.6 Å². The Labute approximate surface area is 139 Å². The molecule has 2 aromatic rings. The van der Waals surface area contributed by atoms with Crippen molar-refractivity contribution in [2.45, 2.75) is 33.4 Å². The normalized spacial score (nSPS) is 11.0. The second-order valence-corrected chi connectivity index (χ2v) is 6.65. The summed E-state index contributed by atoms with van der Waals surface area (Å²) in [7, 11) is 0. The molecular weight excluding hydrogens is 350 g/mol. The van der Waals surface area contributed by atoms with Gasteiger partial charge in [0.15, 0.2) is 0 Å². The summed E-state index contributed by atoms with van der Waals surface area (Å²) >= 11 is 9.58. The summed E-state index contributed by atoms with van der Waals surface area (Å²) in [5.74, 6) is 1.62. The fourth-order valence-corrected chi connectivity index (χ4v) is 2.39. The summed E-state index contributed by atoms with van der Waals surface area (Å²) in [5, 5.41) is 4.07. The highest BCUT2D eigenvalue weighted by molar-refractivity contribution is 9.10. The minimum atomic E-state index is 0.418. The Morgan fingerprint density at radius 3 is 2.62 bits per heavy atom. The summed E-state index contributed by atoms with van der Waals surface area (Å²) in [6.45, 7) is 7.01. The van der Waals surface area contributed by atoms with Crippen molar-refractivity contribution in [2.24, 2.45) is 0 Å². The van der Waals surface area contributed by atoms with Crippen LogP contribution in [0, 0.1) is 6.92 Å². The molecule has 4 heteroatoms. The van der Waals surface area contributed by atoms with Crippen LogP contribution >= 0.6 is 27.5 Å². The van der Waals surface area contributed by atoms with Crippen LogP contribution < -0.4 is 10.1 Å². The molecule has 0 saturated heterocycles. The van der Waals surface area contributed by atoms with E-state index < -0.39 is 0 Å². The van der Waals surface area contributed by atoms with Crippen LogP contribution in [0.2, 0.25) is 5.02 Å². The second-order valence-electron chi connectivity index (χ2n) is 5.30. The Bertz CT molecular complexity index is 628. The van der Waals surface area contributed by atoms with Gasteiger partial charge in [-0.25, -0.2) is 0 Å². The van der Waals surface area contributed by atoms with Crippen molar-refractivity contribution in [3.8, 4) is 11.5 Å². The number of benzene rings is 2. The lowest BCUT2D eigenvalue weighted by molar-refractivity contribution is 0.466. The van der Waals surface area contributed by atoms with Crippen molar-refractivity contribution in [3.63, 3.8) is 0 Å². The van der Waals surface area contributed by atoms with Crippen LogP contribution in [-0.4, -0.2) is 6.04 Å². The largest absolute Gasteiger partial charge is 0.457 e. The average molecular weight is 369 g/mol. The number of hydrogen-bond acceptors (Lipinski definition) is 2. The van der Waals surface area contributed by atoms with E-state index in [1.165, 1.54) is 0 Å². The van der Waals surface area contributed by atoms with Gasteiger partial charge in [-0.05, 0) is 36.8 Å². The van der Waals surface area contributed by atoms with Crippen molar-refractivity contribution in [1.29, 1.82) is 0 Å². The summed E-state index contributed by atoms with van der Waals surface area (Å²) in [6, 6.07) is 12.2. The third kappa shape index (κ3) is 4.73. The quantitative estimate of drug-likeness (QED) is 0.730. The smallest absolute Gasteiger partial charge is 0.133 e. The Morgan fingerprint density at radius 2 is 1.90 bits per heavy atom. The van der Waals surface area contributed by atoms with Gasteiger partial charge in [0.25, 0.3) is 0 Å². The fraction of sp³-hybridized carbons (Fsp3) is 0.294. The van der Waals surface area contributed by atoms with E-state index in [4.69, 9.17) is 16.3 Å². The molecule has 0 saturated carbocycles. The number of aryl methyl sites for hydroxylation is 1. The zero-order chi connectivity index (χ0) is 15.4. The molecule has 21 heavy (non-hydrogen) atoms. The number of nitrogens with one attached hydrogen (secondary N) is 1. The van der Waals surface area contributed by atoms with E-state index in [1.54, 1.807) is 0 Å². The fourth-order valence-electron chi connectivity index (χ4n) is 1.89. The molecule has 0 aliphatic rings. The van der Waals surface area contributed by atoms with Crippen LogP contribution in [-0.2, 0) is 6.54 Å². The van der Waals surface area contributed by atoms with Crippen LogP contribution in [0.25, 0.3) is 0 Å². The number of rotatable bonds is 5. The Kier molecular flexibility index (Phi) is 5.68. The van der Waals surface area contributed by atoms with Gasteiger partial charge >= 0.3 is 0 Å². The molecule has 0 aliphatic heterocycles. The molecule has 0 spiro atoms. The Balaban J connectivity index is 2.29. The molecule has 0 fully saturated rings. The molecule has 2 rings (SSSR count). The molecule has 1 N–H and O–H groups in total. The third-order valence-electron chi connectivity index (χ3n) is 3.10. The highest BCUT2D eigenvalue weighted by atomic mass is 79.9. The van der Waals surface area contributed by atoms with Gasteiger partial charge in [0.05, 0.1) is 0 Å². The van der Waals surface area contributed by atoms with Crippen LogP contribution in [0.5, 0.6) is 11.5 Å². The summed E-state index contributed by atoms with van der Waals surface area (Å²) < 4.78 is 7.07. The third-order valence-corrected chi connectivity index (χ3v) is 3.83. The summed E-state index contributed by atoms with van der Waals surface area (Å²) in [5.41, 5.74) is 2.17. The van der Waals surface area contributed by atoms with Gasteiger partial charge in [-0.1, -0.05) is 53.5 Å². The van der Waals surface area contributed by atoms with Gasteiger partial charge in [-0.2, -0.15) is 0 Å². The molecular formula is C17H19BrClNO. The van der Waals surface area contributed by atoms with Gasteiger partial charge in [-0.3, -0.25) is 0 Å². The molecule has 0 aliphatic carbocycles. The van der Waals surface area contributed by atoms with E-state index >= 15 is 0 Å². The van der Waals surface area contributed by atoms with Gasteiger partial charge in [0.1, 0.15) is 11.5 Å². The van der Waals surface area contributed by atoms with Gasteiger partial charge in [0.2, 0.25) is 0 Å². The molecule has 2 aromatic carbocycles. The molecule has 0 heterocycles.